The second-order valence-corrected chi connectivity index (χ2v) is 6.20. The van der Waals surface area contributed by atoms with Gasteiger partial charge in [0.15, 0.2) is 16.8 Å². The van der Waals surface area contributed by atoms with E-state index in [4.69, 9.17) is 0 Å². The highest BCUT2D eigenvalue weighted by Crippen LogP contribution is 2.29. The number of nitrogens with one attached hydrogen (secondary N) is 3. The Morgan fingerprint density at radius 3 is 3.04 bits per heavy atom. The summed E-state index contributed by atoms with van der Waals surface area (Å²) in [6, 6.07) is 5.97. The van der Waals surface area contributed by atoms with Crippen molar-refractivity contribution in [3.63, 3.8) is 0 Å². The normalized spacial score (nSPS) is 11.4. The SMILES string of the molecule is O=c1[nH]c(Nn2cnc3c(-c4cccs4)ccnc32)nc2nc[nH]c12. The molecule has 0 saturated heterocycles. The molecule has 0 bridgehead atoms. The van der Waals surface area contributed by atoms with Crippen molar-refractivity contribution < 1.29 is 0 Å². The van der Waals surface area contributed by atoms with Crippen molar-refractivity contribution in [1.29, 1.82) is 0 Å². The zero-order chi connectivity index (χ0) is 16.8. The minimum absolute atomic E-state index is 0.257. The minimum atomic E-state index is -0.304. The molecule has 10 heteroatoms. The van der Waals surface area contributed by atoms with E-state index in [-0.39, 0.29) is 11.5 Å². The quantitative estimate of drug-likeness (QED) is 0.458. The van der Waals surface area contributed by atoms with Crippen LogP contribution in [0.2, 0.25) is 0 Å². The molecule has 0 radical (unpaired) electrons. The van der Waals surface area contributed by atoms with Crippen LogP contribution in [-0.2, 0) is 0 Å². The van der Waals surface area contributed by atoms with Gasteiger partial charge < -0.3 is 4.98 Å². The first-order valence-corrected chi connectivity index (χ1v) is 8.24. The first kappa shape index (κ1) is 13.9. The van der Waals surface area contributed by atoms with Crippen LogP contribution in [-0.4, -0.2) is 34.6 Å². The number of pyridine rings is 1. The van der Waals surface area contributed by atoms with E-state index in [1.54, 1.807) is 28.5 Å². The summed E-state index contributed by atoms with van der Waals surface area (Å²) in [6.45, 7) is 0. The molecule has 122 valence electrons. The van der Waals surface area contributed by atoms with E-state index in [2.05, 4.69) is 35.3 Å². The smallest absolute Gasteiger partial charge is 0.278 e. The topological polar surface area (TPSA) is 117 Å². The number of anilines is 1. The lowest BCUT2D eigenvalue weighted by Gasteiger charge is -2.06. The lowest BCUT2D eigenvalue weighted by Crippen LogP contribution is -2.16. The fourth-order valence-corrected chi connectivity index (χ4v) is 3.39. The number of aromatic amines is 2. The van der Waals surface area contributed by atoms with E-state index >= 15 is 0 Å². The van der Waals surface area contributed by atoms with Gasteiger partial charge in [0.1, 0.15) is 11.8 Å². The maximum Gasteiger partial charge on any atom is 0.278 e. The number of thiophene rings is 1. The standard InChI is InChI=1S/C15H10N8OS/c24-14-11-12(18-6-17-11)20-15(21-14)22-23-7-19-10-8(3-4-16-13(10)23)9-2-1-5-25-9/h1-7H,(H3,17,18,20,21,22,24). The Morgan fingerprint density at radius 2 is 2.16 bits per heavy atom. The fourth-order valence-electron chi connectivity index (χ4n) is 2.64. The number of nitrogens with zero attached hydrogens (tertiary/aromatic N) is 5. The minimum Gasteiger partial charge on any atom is -0.339 e. The van der Waals surface area contributed by atoms with Crippen molar-refractivity contribution in [1.82, 2.24) is 34.6 Å². The van der Waals surface area contributed by atoms with Gasteiger partial charge in [-0.05, 0) is 17.5 Å². The number of H-pyrrole nitrogens is 2. The molecule has 0 aliphatic carbocycles. The van der Waals surface area contributed by atoms with Gasteiger partial charge in [-0.15, -0.1) is 11.3 Å². The van der Waals surface area contributed by atoms with E-state index in [0.29, 0.717) is 16.8 Å². The highest BCUT2D eigenvalue weighted by Gasteiger charge is 2.12. The van der Waals surface area contributed by atoms with Crippen molar-refractivity contribution in [3.05, 3.63) is 52.8 Å². The van der Waals surface area contributed by atoms with Crippen molar-refractivity contribution >= 4 is 39.6 Å². The number of hydrogen-bond acceptors (Lipinski definition) is 7. The van der Waals surface area contributed by atoms with Crippen LogP contribution < -0.4 is 11.0 Å². The second-order valence-electron chi connectivity index (χ2n) is 5.25. The molecule has 0 aliphatic heterocycles. The highest BCUT2D eigenvalue weighted by atomic mass is 32.1. The third-order valence-corrected chi connectivity index (χ3v) is 4.65. The average molecular weight is 350 g/mol. The summed E-state index contributed by atoms with van der Waals surface area (Å²) >= 11 is 1.64. The predicted octanol–water partition coefficient (Wildman–Crippen LogP) is 1.99. The fraction of sp³-hybridized carbons (Fsp3) is 0. The molecule has 0 aromatic carbocycles. The van der Waals surface area contributed by atoms with E-state index in [9.17, 15) is 4.79 Å². The number of fused-ring (bicyclic) bond motifs is 2. The van der Waals surface area contributed by atoms with Crippen LogP contribution in [0.15, 0.2) is 47.2 Å². The maximum atomic E-state index is 12.0. The molecule has 0 amide bonds. The molecule has 5 heterocycles. The van der Waals surface area contributed by atoms with Crippen molar-refractivity contribution in [2.75, 3.05) is 5.43 Å². The van der Waals surface area contributed by atoms with Crippen LogP contribution in [0.25, 0.3) is 32.8 Å². The summed E-state index contributed by atoms with van der Waals surface area (Å²) < 4.78 is 1.61. The first-order chi connectivity index (χ1) is 12.3. The molecule has 0 saturated carbocycles. The van der Waals surface area contributed by atoms with E-state index in [0.717, 1.165) is 16.0 Å². The largest absolute Gasteiger partial charge is 0.339 e. The van der Waals surface area contributed by atoms with Crippen LogP contribution in [0.5, 0.6) is 0 Å². The summed E-state index contributed by atoms with van der Waals surface area (Å²) in [7, 11) is 0. The Hall–Kier alpha value is -3.53. The van der Waals surface area contributed by atoms with Gasteiger partial charge in [-0.2, -0.15) is 4.98 Å². The molecule has 5 aromatic rings. The van der Waals surface area contributed by atoms with Crippen LogP contribution in [0.4, 0.5) is 5.95 Å². The maximum absolute atomic E-state index is 12.0. The van der Waals surface area contributed by atoms with Gasteiger partial charge >= 0.3 is 0 Å². The molecule has 0 atom stereocenters. The Kier molecular flexibility index (Phi) is 2.91. The summed E-state index contributed by atoms with van der Waals surface area (Å²) in [5, 5.41) is 2.02. The molecule has 25 heavy (non-hydrogen) atoms. The molecule has 0 spiro atoms. The van der Waals surface area contributed by atoms with Crippen molar-refractivity contribution in [3.8, 4) is 10.4 Å². The molecular weight excluding hydrogens is 340 g/mol. The molecule has 0 unspecified atom stereocenters. The third kappa shape index (κ3) is 2.19. The molecule has 9 nitrogen and oxygen atoms in total. The van der Waals surface area contributed by atoms with Gasteiger partial charge in [-0.3, -0.25) is 15.2 Å². The van der Waals surface area contributed by atoms with Gasteiger partial charge in [0.2, 0.25) is 5.95 Å². The van der Waals surface area contributed by atoms with Crippen LogP contribution >= 0.6 is 11.3 Å². The Labute approximate surface area is 143 Å². The average Bonchev–Trinajstić information content (AvgIpc) is 3.35. The number of rotatable bonds is 3. The van der Waals surface area contributed by atoms with E-state index < -0.39 is 0 Å². The second kappa shape index (κ2) is 5.24. The summed E-state index contributed by atoms with van der Waals surface area (Å²) in [6.07, 6.45) is 4.76. The van der Waals surface area contributed by atoms with Crippen LogP contribution in [0.3, 0.4) is 0 Å². The van der Waals surface area contributed by atoms with Gasteiger partial charge in [0.05, 0.1) is 6.33 Å². The van der Waals surface area contributed by atoms with E-state index in [1.807, 2.05) is 23.6 Å². The van der Waals surface area contributed by atoms with Gasteiger partial charge in [-0.25, -0.2) is 19.6 Å². The highest BCUT2D eigenvalue weighted by molar-refractivity contribution is 7.13. The van der Waals surface area contributed by atoms with Gasteiger partial charge in [0.25, 0.3) is 5.56 Å². The zero-order valence-electron chi connectivity index (χ0n) is 12.6. The predicted molar refractivity (Wildman–Crippen MR) is 94.4 cm³/mol. The van der Waals surface area contributed by atoms with Crippen molar-refractivity contribution in [2.24, 2.45) is 0 Å². The molecule has 3 N–H and O–H groups in total. The zero-order valence-corrected chi connectivity index (χ0v) is 13.4. The van der Waals surface area contributed by atoms with Crippen LogP contribution in [0.1, 0.15) is 0 Å². The van der Waals surface area contributed by atoms with E-state index in [1.165, 1.54) is 6.33 Å². The number of imidazole rings is 2. The third-order valence-electron chi connectivity index (χ3n) is 3.74. The summed E-state index contributed by atoms with van der Waals surface area (Å²) in [4.78, 5) is 35.7. The Bertz CT molecular complexity index is 1250. The molecule has 0 aliphatic rings. The van der Waals surface area contributed by atoms with Gasteiger partial charge in [-0.1, -0.05) is 6.07 Å². The monoisotopic (exact) mass is 350 g/mol. The number of hydrogen-bond donors (Lipinski definition) is 3. The number of aromatic nitrogens is 7. The Morgan fingerprint density at radius 1 is 1.20 bits per heavy atom. The van der Waals surface area contributed by atoms with Gasteiger partial charge in [0, 0.05) is 16.6 Å². The molecule has 5 aromatic heterocycles. The summed E-state index contributed by atoms with van der Waals surface area (Å²) in [5.74, 6) is 0.257. The lowest BCUT2D eigenvalue weighted by molar-refractivity contribution is 0.929. The van der Waals surface area contributed by atoms with Crippen molar-refractivity contribution in [2.45, 2.75) is 0 Å². The molecule has 5 rings (SSSR count). The first-order valence-electron chi connectivity index (χ1n) is 7.36. The molecular formula is C15H10N8OS. The molecule has 0 fully saturated rings. The summed E-state index contributed by atoms with van der Waals surface area (Å²) in [5.41, 5.74) is 5.77. The van der Waals surface area contributed by atoms with Crippen LogP contribution in [0, 0.1) is 0 Å². The lowest BCUT2D eigenvalue weighted by atomic mass is 10.2. The Balaban J connectivity index is 1.61.